The van der Waals surface area contributed by atoms with Crippen molar-refractivity contribution in [3.8, 4) is 0 Å². The number of esters is 2. The lowest BCUT2D eigenvalue weighted by Gasteiger charge is -2.44. The third-order valence-corrected chi connectivity index (χ3v) is 10.5. The van der Waals surface area contributed by atoms with Crippen LogP contribution in [0.15, 0.2) is 100 Å². The Hall–Kier alpha value is -3.77. The lowest BCUT2D eigenvalue weighted by atomic mass is 9.61. The fourth-order valence-corrected chi connectivity index (χ4v) is 8.04. The predicted molar refractivity (Wildman–Crippen MR) is 204 cm³/mol. The van der Waals surface area contributed by atoms with Crippen molar-refractivity contribution >= 4 is 17.7 Å². The van der Waals surface area contributed by atoms with Crippen molar-refractivity contribution < 1.29 is 33.7 Å². The molecule has 0 aromatic rings. The fourth-order valence-electron chi connectivity index (χ4n) is 8.04. The summed E-state index contributed by atoms with van der Waals surface area (Å²) in [6.07, 6.45) is 23.7. The van der Waals surface area contributed by atoms with Gasteiger partial charge < -0.3 is 19.3 Å². The third kappa shape index (κ3) is 10.9. The van der Waals surface area contributed by atoms with E-state index in [2.05, 4.69) is 19.6 Å². The zero-order valence-electron chi connectivity index (χ0n) is 32.9. The summed E-state index contributed by atoms with van der Waals surface area (Å²) in [6, 6.07) is 0. The largest absolute Gasteiger partial charge is 0.462 e. The average Bonchev–Trinajstić information content (AvgIpc) is 3.58. The van der Waals surface area contributed by atoms with Gasteiger partial charge in [-0.2, -0.15) is 0 Å². The summed E-state index contributed by atoms with van der Waals surface area (Å²) in [5.74, 6) is -0.552. The first-order valence-corrected chi connectivity index (χ1v) is 18.0. The van der Waals surface area contributed by atoms with Crippen LogP contribution in [0.4, 0.5) is 0 Å². The topological polar surface area (TPSA) is 102 Å². The Morgan fingerprint density at radius 1 is 0.725 bits per heavy atom. The molecule has 3 fully saturated rings. The molecule has 278 valence electrons. The number of hydrogen-bond donors (Lipinski definition) is 1. The molecule has 0 aromatic carbocycles. The number of epoxide rings is 1. The zero-order chi connectivity index (χ0) is 38.4. The molecule has 2 aliphatic carbocycles. The minimum Gasteiger partial charge on any atom is -0.462 e. The van der Waals surface area contributed by atoms with E-state index >= 15 is 0 Å². The maximum Gasteiger partial charge on any atom is 0.302 e. The molecule has 0 aromatic heterocycles. The first kappa shape index (κ1) is 41.6. The van der Waals surface area contributed by atoms with Crippen LogP contribution in [0.5, 0.6) is 0 Å². The molecule has 7 nitrogen and oxygen atoms in total. The molecule has 1 aliphatic heterocycles. The number of rotatable bonds is 12. The van der Waals surface area contributed by atoms with Crippen LogP contribution in [0.25, 0.3) is 0 Å². The van der Waals surface area contributed by atoms with Crippen molar-refractivity contribution in [3.05, 3.63) is 100 Å². The number of fused-ring (bicyclic) bond motifs is 1. The maximum atomic E-state index is 13.2. The fraction of sp³-hybridized carbons (Fsp3) is 0.545. The van der Waals surface area contributed by atoms with Crippen molar-refractivity contribution in [1.29, 1.82) is 0 Å². The van der Waals surface area contributed by atoms with E-state index in [4.69, 9.17) is 14.2 Å². The lowest BCUT2D eigenvalue weighted by Crippen LogP contribution is -2.49. The minimum atomic E-state index is -1.11. The van der Waals surface area contributed by atoms with Crippen molar-refractivity contribution in [2.24, 2.45) is 10.8 Å². The van der Waals surface area contributed by atoms with E-state index in [0.29, 0.717) is 37.7 Å². The average molecular weight is 701 g/mol. The van der Waals surface area contributed by atoms with Gasteiger partial charge in [0.15, 0.2) is 5.78 Å². The highest BCUT2D eigenvalue weighted by Crippen LogP contribution is 2.67. The van der Waals surface area contributed by atoms with E-state index in [1.807, 2.05) is 115 Å². The van der Waals surface area contributed by atoms with Gasteiger partial charge in [0, 0.05) is 44.1 Å². The second-order valence-corrected chi connectivity index (χ2v) is 16.4. The van der Waals surface area contributed by atoms with Gasteiger partial charge in [0.05, 0.1) is 11.2 Å². The number of Topliss-reactive ketones (excluding diaryl/α,β-unsaturated/α-hetero) is 1. The van der Waals surface area contributed by atoms with Crippen molar-refractivity contribution in [3.63, 3.8) is 0 Å². The van der Waals surface area contributed by atoms with Crippen LogP contribution < -0.4 is 0 Å². The van der Waals surface area contributed by atoms with E-state index in [1.165, 1.54) is 13.8 Å². The van der Waals surface area contributed by atoms with Crippen LogP contribution in [-0.4, -0.2) is 51.8 Å². The SMILES string of the molecule is CC(=O)O[C@H]1CC(C)(C)[C@]2(CC(=O)/C(C)=C/C=C/C(C)=C/C=C/C=C(C)/C=C/C=C(\C)C=C=C3C(C)(C)C[C@H](OC(C)=O)C[C@@]3(C)O)O[C@]2(C)C1. The van der Waals surface area contributed by atoms with Gasteiger partial charge in [0.25, 0.3) is 0 Å². The molecule has 1 N–H and O–H groups in total. The summed E-state index contributed by atoms with van der Waals surface area (Å²) < 4.78 is 17.2. The standard InChI is InChI=1S/C44H60O7/c1-30(19-15-20-32(3)23-24-39-40(7,8)25-36(49-34(5)45)27-42(39,11)48)17-13-14-18-31(2)21-16-22-33(4)38(47)29-44-41(9,10)26-37(50-35(6)46)28-43(44,12)51-44/h13-23,36-37,48H,25-29H2,1-12H3/b14-13+,19-15+,21-16+,30-17+,31-18+,32-20+,33-22+/t24?,36-,37-,42+,43+,44-/m0/s1. The molecule has 0 radical (unpaired) electrons. The summed E-state index contributed by atoms with van der Waals surface area (Å²) in [5.41, 5.74) is 5.17. The molecule has 0 amide bonds. The molecule has 3 aliphatic rings. The van der Waals surface area contributed by atoms with Crippen LogP contribution in [0.3, 0.4) is 0 Å². The number of allylic oxidation sites excluding steroid dienone is 14. The first-order valence-electron chi connectivity index (χ1n) is 18.0. The number of hydrogen-bond acceptors (Lipinski definition) is 7. The van der Waals surface area contributed by atoms with Crippen LogP contribution >= 0.6 is 0 Å². The van der Waals surface area contributed by atoms with Gasteiger partial charge in [0.2, 0.25) is 0 Å². The first-order chi connectivity index (χ1) is 23.5. The molecule has 7 heteroatoms. The minimum absolute atomic E-state index is 0.0627. The number of ether oxygens (including phenoxy) is 3. The molecule has 0 unspecified atom stereocenters. The molecule has 51 heavy (non-hydrogen) atoms. The van der Waals surface area contributed by atoms with E-state index in [-0.39, 0.29) is 40.8 Å². The van der Waals surface area contributed by atoms with E-state index in [9.17, 15) is 19.5 Å². The highest BCUT2D eigenvalue weighted by molar-refractivity contribution is 5.96. The quantitative estimate of drug-likeness (QED) is 0.0712. The molecular formula is C44H60O7. The zero-order valence-corrected chi connectivity index (χ0v) is 32.9. The molecule has 3 rings (SSSR count). The second kappa shape index (κ2) is 16.3. The molecule has 0 spiro atoms. The summed E-state index contributed by atoms with van der Waals surface area (Å²) in [6.45, 7) is 22.8. The van der Waals surface area contributed by atoms with Gasteiger partial charge in [0.1, 0.15) is 17.8 Å². The Morgan fingerprint density at radius 2 is 1.24 bits per heavy atom. The number of carbonyl (C=O) groups is 3. The van der Waals surface area contributed by atoms with Gasteiger partial charge in [-0.3, -0.25) is 14.4 Å². The van der Waals surface area contributed by atoms with Crippen molar-refractivity contribution in [2.75, 3.05) is 0 Å². The molecule has 2 saturated carbocycles. The van der Waals surface area contributed by atoms with Gasteiger partial charge >= 0.3 is 11.9 Å². The van der Waals surface area contributed by atoms with Crippen molar-refractivity contribution in [1.82, 2.24) is 0 Å². The lowest BCUT2D eigenvalue weighted by molar-refractivity contribution is -0.153. The summed E-state index contributed by atoms with van der Waals surface area (Å²) in [4.78, 5) is 36.2. The van der Waals surface area contributed by atoms with Crippen molar-refractivity contribution in [2.45, 2.75) is 144 Å². The van der Waals surface area contributed by atoms with E-state index in [0.717, 1.165) is 22.3 Å². The molecule has 1 saturated heterocycles. The Bertz CT molecular complexity index is 1630. The molecule has 5 atom stereocenters. The van der Waals surface area contributed by atoms with Crippen LogP contribution in [0.2, 0.25) is 0 Å². The Labute approximate surface area is 306 Å². The van der Waals surface area contributed by atoms with Crippen LogP contribution in [0, 0.1) is 10.8 Å². The van der Waals surface area contributed by atoms with Gasteiger partial charge in [-0.05, 0) is 77.0 Å². The van der Waals surface area contributed by atoms with Gasteiger partial charge in [-0.1, -0.05) is 99.6 Å². The summed E-state index contributed by atoms with van der Waals surface area (Å²) in [5, 5.41) is 11.1. The van der Waals surface area contributed by atoms with Gasteiger partial charge in [-0.25, -0.2) is 0 Å². The van der Waals surface area contributed by atoms with E-state index in [1.54, 1.807) is 6.92 Å². The summed E-state index contributed by atoms with van der Waals surface area (Å²) in [7, 11) is 0. The normalized spacial score (nSPS) is 31.0. The number of ketones is 1. The van der Waals surface area contributed by atoms with Crippen LogP contribution in [0.1, 0.15) is 115 Å². The van der Waals surface area contributed by atoms with Crippen LogP contribution in [-0.2, 0) is 28.6 Å². The molecule has 1 heterocycles. The number of aliphatic hydroxyl groups is 1. The maximum absolute atomic E-state index is 13.2. The molecule has 0 bridgehead atoms. The van der Waals surface area contributed by atoms with E-state index < -0.39 is 16.8 Å². The Morgan fingerprint density at radius 3 is 1.75 bits per heavy atom. The second-order valence-electron chi connectivity index (χ2n) is 16.4. The highest BCUT2D eigenvalue weighted by Gasteiger charge is 2.76. The monoisotopic (exact) mass is 700 g/mol. The van der Waals surface area contributed by atoms with Gasteiger partial charge in [-0.15, -0.1) is 5.73 Å². The smallest absolute Gasteiger partial charge is 0.302 e. The Kier molecular flexibility index (Phi) is 13.3. The number of carbonyl (C=O) groups excluding carboxylic acids is 3. The predicted octanol–water partition coefficient (Wildman–Crippen LogP) is 9.26. The Balaban J connectivity index is 1.54. The summed E-state index contributed by atoms with van der Waals surface area (Å²) >= 11 is 0. The highest BCUT2D eigenvalue weighted by atomic mass is 16.6. The third-order valence-electron chi connectivity index (χ3n) is 10.5. The molecular weight excluding hydrogens is 640 g/mol.